The van der Waals surface area contributed by atoms with Crippen LogP contribution in [0, 0.1) is 5.92 Å². The van der Waals surface area contributed by atoms with Crippen LogP contribution in [0.15, 0.2) is 0 Å². The van der Waals surface area contributed by atoms with Gasteiger partial charge in [-0.25, -0.2) is 0 Å². The second-order valence-electron chi connectivity index (χ2n) is 5.11. The van der Waals surface area contributed by atoms with Crippen LogP contribution in [-0.2, 0) is 0 Å². The lowest BCUT2D eigenvalue weighted by atomic mass is 10.1. The third-order valence-electron chi connectivity index (χ3n) is 3.76. The molecular weight excluding hydrogens is 240 g/mol. The predicted octanol–water partition coefficient (Wildman–Crippen LogP) is 3.39. The fourth-order valence-corrected chi connectivity index (χ4v) is 2.75. The van der Waals surface area contributed by atoms with Crippen molar-refractivity contribution in [2.24, 2.45) is 5.92 Å². The molecule has 3 heteroatoms. The van der Waals surface area contributed by atoms with Crippen molar-refractivity contribution in [1.29, 1.82) is 0 Å². The fourth-order valence-electron chi connectivity index (χ4n) is 2.45. The summed E-state index contributed by atoms with van der Waals surface area (Å²) in [6.45, 7) is 16.3. The first-order valence-corrected chi connectivity index (χ1v) is 8.40. The Morgan fingerprint density at radius 2 is 1.44 bits per heavy atom. The van der Waals surface area contributed by atoms with E-state index in [0.29, 0.717) is 0 Å². The second-order valence-corrected chi connectivity index (χ2v) is 5.48. The molecule has 0 saturated heterocycles. The normalized spacial score (nSPS) is 13.5. The van der Waals surface area contributed by atoms with Gasteiger partial charge in [0.1, 0.15) is 0 Å². The van der Waals surface area contributed by atoms with Gasteiger partial charge in [-0.2, -0.15) is 12.6 Å². The molecule has 0 bridgehead atoms. The molecular formula is C15H34N2S. The quantitative estimate of drug-likeness (QED) is 0.545. The van der Waals surface area contributed by atoms with Crippen LogP contribution in [0.2, 0.25) is 0 Å². The summed E-state index contributed by atoms with van der Waals surface area (Å²) in [4.78, 5) is 5.11. The smallest absolute Gasteiger partial charge is 0.00173 e. The molecule has 0 aliphatic carbocycles. The largest absolute Gasteiger partial charge is 0.304 e. The Morgan fingerprint density at radius 3 is 1.89 bits per heavy atom. The van der Waals surface area contributed by atoms with E-state index in [1.54, 1.807) is 0 Å². The summed E-state index contributed by atoms with van der Waals surface area (Å²) in [5.74, 6) is 1.80. The molecule has 0 saturated carbocycles. The summed E-state index contributed by atoms with van der Waals surface area (Å²) in [5.41, 5.74) is 0. The van der Waals surface area contributed by atoms with Gasteiger partial charge < -0.3 is 9.80 Å². The van der Waals surface area contributed by atoms with Gasteiger partial charge in [-0.1, -0.05) is 34.1 Å². The lowest BCUT2D eigenvalue weighted by Gasteiger charge is -2.26. The average Bonchev–Trinajstić information content (AvgIpc) is 2.41. The maximum absolute atomic E-state index is 4.48. The van der Waals surface area contributed by atoms with Crippen molar-refractivity contribution < 1.29 is 0 Å². The van der Waals surface area contributed by atoms with E-state index in [4.69, 9.17) is 0 Å². The lowest BCUT2D eigenvalue weighted by molar-refractivity contribution is 0.219. The maximum atomic E-state index is 4.48. The highest BCUT2D eigenvalue weighted by Gasteiger charge is 2.11. The van der Waals surface area contributed by atoms with Crippen LogP contribution in [0.1, 0.15) is 47.0 Å². The highest BCUT2D eigenvalue weighted by atomic mass is 32.1. The van der Waals surface area contributed by atoms with Gasteiger partial charge in [0.2, 0.25) is 0 Å². The van der Waals surface area contributed by atoms with Crippen molar-refractivity contribution >= 4 is 12.6 Å². The molecule has 0 aromatic heterocycles. The van der Waals surface area contributed by atoms with Crippen molar-refractivity contribution in [1.82, 2.24) is 9.80 Å². The van der Waals surface area contributed by atoms with Crippen LogP contribution in [0.4, 0.5) is 0 Å². The summed E-state index contributed by atoms with van der Waals surface area (Å²) in [6, 6.07) is 0. The fraction of sp³-hybridized carbons (Fsp3) is 1.00. The Bertz CT molecular complexity index is 172. The van der Waals surface area contributed by atoms with E-state index in [-0.39, 0.29) is 0 Å². The van der Waals surface area contributed by atoms with Gasteiger partial charge in [-0.3, -0.25) is 0 Å². The van der Waals surface area contributed by atoms with Crippen LogP contribution in [0.3, 0.4) is 0 Å². The number of thiol groups is 1. The summed E-state index contributed by atoms with van der Waals surface area (Å²) in [7, 11) is 0. The van der Waals surface area contributed by atoms with E-state index in [2.05, 4.69) is 50.1 Å². The molecule has 0 aliphatic heterocycles. The molecule has 0 fully saturated rings. The monoisotopic (exact) mass is 274 g/mol. The summed E-state index contributed by atoms with van der Waals surface area (Å²) < 4.78 is 0. The van der Waals surface area contributed by atoms with E-state index < -0.39 is 0 Å². The van der Waals surface area contributed by atoms with Crippen molar-refractivity contribution in [2.75, 3.05) is 45.0 Å². The summed E-state index contributed by atoms with van der Waals surface area (Å²) in [6.07, 6.45) is 3.89. The zero-order valence-electron chi connectivity index (χ0n) is 13.0. The molecule has 0 spiro atoms. The van der Waals surface area contributed by atoms with Crippen molar-refractivity contribution in [3.8, 4) is 0 Å². The zero-order valence-corrected chi connectivity index (χ0v) is 13.9. The second kappa shape index (κ2) is 12.3. The van der Waals surface area contributed by atoms with Gasteiger partial charge in [0.05, 0.1) is 0 Å². The minimum Gasteiger partial charge on any atom is -0.304 e. The SMILES string of the molecule is CCCC(CS)CN(CC)CCCN(CC)CC. The first-order chi connectivity index (χ1) is 8.71. The lowest BCUT2D eigenvalue weighted by Crippen LogP contribution is -2.33. The van der Waals surface area contributed by atoms with Gasteiger partial charge >= 0.3 is 0 Å². The minimum absolute atomic E-state index is 0.770. The Hall–Kier alpha value is 0.270. The molecule has 0 radical (unpaired) electrons. The van der Waals surface area contributed by atoms with E-state index in [1.807, 2.05) is 0 Å². The molecule has 1 unspecified atom stereocenters. The minimum atomic E-state index is 0.770. The summed E-state index contributed by atoms with van der Waals surface area (Å²) in [5, 5.41) is 0. The van der Waals surface area contributed by atoms with Crippen molar-refractivity contribution in [3.63, 3.8) is 0 Å². The number of hydrogen-bond acceptors (Lipinski definition) is 3. The van der Waals surface area contributed by atoms with Crippen LogP contribution in [0.25, 0.3) is 0 Å². The van der Waals surface area contributed by atoms with Gasteiger partial charge in [-0.15, -0.1) is 0 Å². The van der Waals surface area contributed by atoms with Crippen LogP contribution in [0.5, 0.6) is 0 Å². The Balaban J connectivity index is 3.87. The first kappa shape index (κ1) is 18.3. The Morgan fingerprint density at radius 1 is 0.889 bits per heavy atom. The molecule has 1 atom stereocenters. The van der Waals surface area contributed by atoms with Crippen LogP contribution in [-0.4, -0.2) is 54.8 Å². The molecule has 18 heavy (non-hydrogen) atoms. The average molecular weight is 275 g/mol. The van der Waals surface area contributed by atoms with Gasteiger partial charge in [0.15, 0.2) is 0 Å². The molecule has 0 aromatic rings. The molecule has 2 nitrogen and oxygen atoms in total. The third kappa shape index (κ3) is 8.39. The number of rotatable bonds is 12. The van der Waals surface area contributed by atoms with E-state index in [9.17, 15) is 0 Å². The standard InChI is InChI=1S/C15H34N2S/c1-5-10-15(14-18)13-17(8-4)12-9-11-16(6-2)7-3/h15,18H,5-14H2,1-4H3. The highest BCUT2D eigenvalue weighted by molar-refractivity contribution is 7.80. The third-order valence-corrected chi connectivity index (χ3v) is 4.28. The van der Waals surface area contributed by atoms with E-state index in [0.717, 1.165) is 11.7 Å². The van der Waals surface area contributed by atoms with Crippen LogP contribution < -0.4 is 0 Å². The van der Waals surface area contributed by atoms with Gasteiger partial charge in [0.25, 0.3) is 0 Å². The maximum Gasteiger partial charge on any atom is 0.00173 e. The van der Waals surface area contributed by atoms with Gasteiger partial charge in [-0.05, 0) is 57.2 Å². The Kier molecular flexibility index (Phi) is 12.5. The van der Waals surface area contributed by atoms with Gasteiger partial charge in [0, 0.05) is 6.54 Å². The molecule has 0 N–H and O–H groups in total. The summed E-state index contributed by atoms with van der Waals surface area (Å²) >= 11 is 4.48. The Labute approximate surface area is 121 Å². The molecule has 0 heterocycles. The van der Waals surface area contributed by atoms with Crippen molar-refractivity contribution in [3.05, 3.63) is 0 Å². The molecule has 110 valence electrons. The first-order valence-electron chi connectivity index (χ1n) is 7.77. The molecule has 0 amide bonds. The van der Waals surface area contributed by atoms with Crippen molar-refractivity contribution in [2.45, 2.75) is 47.0 Å². The molecule has 0 aliphatic rings. The van der Waals surface area contributed by atoms with E-state index in [1.165, 1.54) is 58.5 Å². The number of hydrogen-bond donors (Lipinski definition) is 1. The topological polar surface area (TPSA) is 6.48 Å². The number of nitrogens with zero attached hydrogens (tertiary/aromatic N) is 2. The predicted molar refractivity (Wildman–Crippen MR) is 86.8 cm³/mol. The highest BCUT2D eigenvalue weighted by Crippen LogP contribution is 2.11. The molecule has 0 aromatic carbocycles. The molecule has 0 rings (SSSR count). The zero-order chi connectivity index (χ0) is 13.8. The van der Waals surface area contributed by atoms with Crippen LogP contribution >= 0.6 is 12.6 Å². The van der Waals surface area contributed by atoms with E-state index >= 15 is 0 Å².